The van der Waals surface area contributed by atoms with Gasteiger partial charge in [0.25, 0.3) is 5.66 Å². The lowest BCUT2D eigenvalue weighted by Gasteiger charge is -2.60. The van der Waals surface area contributed by atoms with Crippen molar-refractivity contribution in [2.45, 2.75) is 25.4 Å². The zero-order valence-corrected chi connectivity index (χ0v) is 21.1. The third kappa shape index (κ3) is 3.04. The average molecular weight is 456 g/mol. The predicted octanol–water partition coefficient (Wildman–Crippen LogP) is 5.34. The molecule has 0 radical (unpaired) electrons. The molecule has 176 valence electrons. The number of nitrogens with zero attached hydrogens (tertiary/aromatic N) is 3. The SMILES string of the molecule is CCC1(c2c(-c3ccccc3)cc(N)c3cnc4ccc(N)cc4c23)[N+](C)(C)CCC[N+]1(C)C. The fraction of sp³-hybridized carbons (Fsp3) is 0.345. The van der Waals surface area contributed by atoms with E-state index in [0.29, 0.717) is 0 Å². The minimum Gasteiger partial charge on any atom is -0.399 e. The molecule has 5 rings (SSSR count). The minimum absolute atomic E-state index is 0.186. The van der Waals surface area contributed by atoms with Gasteiger partial charge in [-0.3, -0.25) is 14.0 Å². The number of aromatic nitrogens is 1. The molecule has 1 aliphatic rings. The van der Waals surface area contributed by atoms with Crippen molar-refractivity contribution >= 4 is 33.1 Å². The van der Waals surface area contributed by atoms with Gasteiger partial charge in [0, 0.05) is 45.7 Å². The van der Waals surface area contributed by atoms with Gasteiger partial charge in [0.1, 0.15) is 0 Å². The van der Waals surface area contributed by atoms with Crippen LogP contribution in [0.3, 0.4) is 0 Å². The van der Waals surface area contributed by atoms with Crippen LogP contribution in [0.15, 0.2) is 60.8 Å². The van der Waals surface area contributed by atoms with Crippen molar-refractivity contribution in [3.63, 3.8) is 0 Å². The molecule has 5 heteroatoms. The van der Waals surface area contributed by atoms with E-state index in [-0.39, 0.29) is 5.66 Å². The van der Waals surface area contributed by atoms with E-state index in [2.05, 4.69) is 77.6 Å². The third-order valence-corrected chi connectivity index (χ3v) is 8.44. The maximum Gasteiger partial charge on any atom is 0.252 e. The molecule has 0 aliphatic carbocycles. The first-order valence-corrected chi connectivity index (χ1v) is 12.3. The van der Waals surface area contributed by atoms with Gasteiger partial charge in [0.05, 0.1) is 58.8 Å². The summed E-state index contributed by atoms with van der Waals surface area (Å²) in [5.74, 6) is 0. The van der Waals surface area contributed by atoms with Gasteiger partial charge in [0.2, 0.25) is 0 Å². The minimum atomic E-state index is -0.186. The number of hydrogen-bond acceptors (Lipinski definition) is 3. The lowest BCUT2D eigenvalue weighted by atomic mass is 9.78. The third-order valence-electron chi connectivity index (χ3n) is 8.44. The zero-order chi connectivity index (χ0) is 24.3. The van der Waals surface area contributed by atoms with Crippen LogP contribution in [0, 0.1) is 0 Å². The molecule has 1 fully saturated rings. The zero-order valence-electron chi connectivity index (χ0n) is 21.1. The monoisotopic (exact) mass is 455 g/mol. The van der Waals surface area contributed by atoms with E-state index < -0.39 is 0 Å². The van der Waals surface area contributed by atoms with Crippen LogP contribution in [0.5, 0.6) is 0 Å². The molecule has 0 atom stereocenters. The van der Waals surface area contributed by atoms with Crippen LogP contribution in [0.1, 0.15) is 25.3 Å². The van der Waals surface area contributed by atoms with E-state index in [1.165, 1.54) is 28.5 Å². The summed E-state index contributed by atoms with van der Waals surface area (Å²) in [6.07, 6.45) is 4.15. The van der Waals surface area contributed by atoms with Crippen molar-refractivity contribution in [2.75, 3.05) is 52.7 Å². The standard InChI is InChI=1S/C29H37N5/c1-6-29(33(2,3)15-10-16-34(29,4)5)28-22(20-11-8-7-9-12-20)18-25(31)24-19-32-26-14-13-21(30)17-23(26)27(24)28/h7-9,11-14,17-19H,6,10,15-16,30-31H2,1-5H3/q+2. The van der Waals surface area contributed by atoms with Crippen molar-refractivity contribution in [3.8, 4) is 11.1 Å². The van der Waals surface area contributed by atoms with Crippen molar-refractivity contribution in [1.29, 1.82) is 0 Å². The van der Waals surface area contributed by atoms with E-state index in [0.717, 1.165) is 56.1 Å². The number of benzene rings is 3. The van der Waals surface area contributed by atoms with Crippen LogP contribution in [0.4, 0.5) is 11.4 Å². The van der Waals surface area contributed by atoms with Gasteiger partial charge in [0.15, 0.2) is 0 Å². The van der Waals surface area contributed by atoms with Gasteiger partial charge < -0.3 is 11.5 Å². The summed E-state index contributed by atoms with van der Waals surface area (Å²) >= 11 is 0. The van der Waals surface area contributed by atoms with Crippen LogP contribution in [0.2, 0.25) is 0 Å². The Morgan fingerprint density at radius 2 is 1.56 bits per heavy atom. The number of fused-ring (bicyclic) bond motifs is 3. The van der Waals surface area contributed by atoms with E-state index in [1.807, 2.05) is 18.3 Å². The molecule has 2 heterocycles. The van der Waals surface area contributed by atoms with Gasteiger partial charge in [-0.2, -0.15) is 0 Å². The molecule has 4 N–H and O–H groups in total. The quantitative estimate of drug-likeness (QED) is 0.249. The number of pyridine rings is 1. The van der Waals surface area contributed by atoms with E-state index in [4.69, 9.17) is 16.5 Å². The average Bonchev–Trinajstić information content (AvgIpc) is 2.79. The lowest BCUT2D eigenvalue weighted by Crippen LogP contribution is -2.75. The molecule has 34 heavy (non-hydrogen) atoms. The molecular weight excluding hydrogens is 418 g/mol. The highest BCUT2D eigenvalue weighted by Crippen LogP contribution is 2.53. The number of nitrogens with two attached hydrogens (primary N) is 2. The van der Waals surface area contributed by atoms with Gasteiger partial charge in [-0.25, -0.2) is 0 Å². The molecule has 1 aromatic heterocycles. The highest BCUT2D eigenvalue weighted by Gasteiger charge is 2.61. The molecule has 0 bridgehead atoms. The summed E-state index contributed by atoms with van der Waals surface area (Å²) in [5, 5.41) is 3.28. The van der Waals surface area contributed by atoms with Crippen LogP contribution in [-0.4, -0.2) is 55.2 Å². The largest absolute Gasteiger partial charge is 0.399 e. The number of anilines is 2. The second-order valence-corrected chi connectivity index (χ2v) is 10.9. The molecule has 0 amide bonds. The van der Waals surface area contributed by atoms with Crippen LogP contribution in [-0.2, 0) is 5.66 Å². The Labute approximate surface area is 202 Å². The van der Waals surface area contributed by atoms with Crippen LogP contribution in [0.25, 0.3) is 32.8 Å². The second-order valence-electron chi connectivity index (χ2n) is 10.9. The van der Waals surface area contributed by atoms with Crippen molar-refractivity contribution in [3.05, 3.63) is 66.4 Å². The lowest BCUT2D eigenvalue weighted by molar-refractivity contribution is -1.17. The van der Waals surface area contributed by atoms with Crippen molar-refractivity contribution < 1.29 is 8.97 Å². The summed E-state index contributed by atoms with van der Waals surface area (Å²) in [7, 11) is 9.60. The Morgan fingerprint density at radius 1 is 0.882 bits per heavy atom. The molecule has 1 saturated heterocycles. The van der Waals surface area contributed by atoms with Crippen molar-refractivity contribution in [1.82, 2.24) is 4.98 Å². The summed E-state index contributed by atoms with van der Waals surface area (Å²) in [6, 6.07) is 18.9. The first kappa shape index (κ1) is 22.6. The maximum atomic E-state index is 6.76. The highest BCUT2D eigenvalue weighted by atomic mass is 15.6. The first-order chi connectivity index (χ1) is 16.1. The number of nitrogen functional groups attached to an aromatic ring is 2. The van der Waals surface area contributed by atoms with Gasteiger partial charge in [-0.15, -0.1) is 0 Å². The van der Waals surface area contributed by atoms with E-state index in [1.54, 1.807) is 0 Å². The fourth-order valence-electron chi connectivity index (χ4n) is 7.00. The Bertz CT molecular complexity index is 1370. The molecular formula is C29H37N5+2. The highest BCUT2D eigenvalue weighted by molar-refractivity contribution is 6.14. The fourth-order valence-corrected chi connectivity index (χ4v) is 7.00. The molecule has 5 nitrogen and oxygen atoms in total. The van der Waals surface area contributed by atoms with Crippen LogP contribution >= 0.6 is 0 Å². The molecule has 0 unspecified atom stereocenters. The van der Waals surface area contributed by atoms with Gasteiger partial charge >= 0.3 is 0 Å². The van der Waals surface area contributed by atoms with Gasteiger partial charge in [-0.1, -0.05) is 37.3 Å². The number of hydrogen-bond donors (Lipinski definition) is 2. The number of quaternary nitrogens is 2. The Kier molecular flexibility index (Phi) is 5.12. The topological polar surface area (TPSA) is 64.9 Å². The molecule has 0 saturated carbocycles. The van der Waals surface area contributed by atoms with E-state index in [9.17, 15) is 0 Å². The predicted molar refractivity (Wildman–Crippen MR) is 144 cm³/mol. The van der Waals surface area contributed by atoms with Crippen molar-refractivity contribution in [2.24, 2.45) is 0 Å². The summed E-state index contributed by atoms with van der Waals surface area (Å²) < 4.78 is 1.81. The second kappa shape index (κ2) is 7.69. The molecule has 3 aromatic carbocycles. The molecule has 0 spiro atoms. The van der Waals surface area contributed by atoms with Crippen LogP contribution < -0.4 is 11.5 Å². The normalized spacial score (nSPS) is 18.9. The smallest absolute Gasteiger partial charge is 0.252 e. The first-order valence-electron chi connectivity index (χ1n) is 12.3. The Morgan fingerprint density at radius 3 is 2.21 bits per heavy atom. The Balaban J connectivity index is 2.09. The summed E-state index contributed by atoms with van der Waals surface area (Å²) in [4.78, 5) is 4.78. The molecule has 1 aliphatic heterocycles. The Hall–Kier alpha value is -3.15. The summed E-state index contributed by atoms with van der Waals surface area (Å²) in [6.45, 7) is 4.60. The maximum absolute atomic E-state index is 6.76. The number of rotatable bonds is 3. The molecule has 4 aromatic rings. The van der Waals surface area contributed by atoms with Gasteiger partial charge in [-0.05, 0) is 29.8 Å². The van der Waals surface area contributed by atoms with E-state index >= 15 is 0 Å². The summed E-state index contributed by atoms with van der Waals surface area (Å²) in [5.41, 5.74) is 19.1.